The summed E-state index contributed by atoms with van der Waals surface area (Å²) < 4.78 is 0. The monoisotopic (exact) mass is 448 g/mol. The van der Waals surface area contributed by atoms with Crippen molar-refractivity contribution in [3.05, 3.63) is 65.2 Å². The van der Waals surface area contributed by atoms with Crippen LogP contribution in [0.1, 0.15) is 45.5 Å². The zero-order valence-electron chi connectivity index (χ0n) is 19.3. The van der Waals surface area contributed by atoms with Crippen molar-refractivity contribution < 1.29 is 14.4 Å². The van der Waals surface area contributed by atoms with Crippen LogP contribution in [0.15, 0.2) is 48.5 Å². The fourth-order valence-corrected chi connectivity index (χ4v) is 4.49. The van der Waals surface area contributed by atoms with E-state index in [2.05, 4.69) is 46.3 Å². The van der Waals surface area contributed by atoms with E-state index in [1.165, 1.54) is 16.2 Å². The SMILES string of the molecule is Cc1cccc(N2CCN(CCCCNC(=O)CCN3C(=O)c4ccccc4C3=O)CC2)c1. The molecule has 2 aromatic rings. The number of rotatable bonds is 9. The van der Waals surface area contributed by atoms with Gasteiger partial charge < -0.3 is 10.2 Å². The van der Waals surface area contributed by atoms with Gasteiger partial charge in [0.2, 0.25) is 5.91 Å². The predicted octanol–water partition coefficient (Wildman–Crippen LogP) is 2.70. The van der Waals surface area contributed by atoms with Crippen LogP contribution < -0.4 is 10.2 Å². The van der Waals surface area contributed by atoms with Crippen molar-refractivity contribution in [1.82, 2.24) is 15.1 Å². The maximum atomic E-state index is 12.4. The number of hydrogen-bond donors (Lipinski definition) is 1. The fraction of sp³-hybridized carbons (Fsp3) is 0.423. The number of hydrogen-bond acceptors (Lipinski definition) is 5. The largest absolute Gasteiger partial charge is 0.369 e. The Kier molecular flexibility index (Phi) is 7.40. The summed E-state index contributed by atoms with van der Waals surface area (Å²) in [6, 6.07) is 15.4. The maximum Gasteiger partial charge on any atom is 0.261 e. The zero-order chi connectivity index (χ0) is 23.2. The summed E-state index contributed by atoms with van der Waals surface area (Å²) in [6.45, 7) is 8.08. The van der Waals surface area contributed by atoms with Gasteiger partial charge in [0.05, 0.1) is 11.1 Å². The summed E-state index contributed by atoms with van der Waals surface area (Å²) in [4.78, 5) is 43.0. The summed E-state index contributed by atoms with van der Waals surface area (Å²) in [5, 5.41) is 2.91. The first-order chi connectivity index (χ1) is 16.0. The first kappa shape index (κ1) is 23.0. The first-order valence-corrected chi connectivity index (χ1v) is 11.8. The molecule has 0 aromatic heterocycles. The molecule has 1 saturated heterocycles. The molecular formula is C26H32N4O3. The van der Waals surface area contributed by atoms with E-state index in [-0.39, 0.29) is 30.7 Å². The molecule has 7 heteroatoms. The zero-order valence-corrected chi connectivity index (χ0v) is 19.3. The number of anilines is 1. The number of imide groups is 1. The Hall–Kier alpha value is -3.19. The highest BCUT2D eigenvalue weighted by molar-refractivity contribution is 6.21. The molecule has 2 aromatic carbocycles. The molecule has 2 heterocycles. The molecule has 0 saturated carbocycles. The van der Waals surface area contributed by atoms with E-state index in [1.54, 1.807) is 24.3 Å². The molecule has 174 valence electrons. The van der Waals surface area contributed by atoms with Gasteiger partial charge in [-0.25, -0.2) is 0 Å². The molecule has 0 radical (unpaired) electrons. The Bertz CT molecular complexity index is 979. The minimum absolute atomic E-state index is 0.114. The van der Waals surface area contributed by atoms with Crippen molar-refractivity contribution in [1.29, 1.82) is 0 Å². The van der Waals surface area contributed by atoms with Gasteiger partial charge in [0.15, 0.2) is 0 Å². The van der Waals surface area contributed by atoms with Crippen molar-refractivity contribution >= 4 is 23.4 Å². The lowest BCUT2D eigenvalue weighted by Crippen LogP contribution is -2.46. The molecule has 0 atom stereocenters. The summed E-state index contributed by atoms with van der Waals surface area (Å²) in [5.41, 5.74) is 3.43. The number of benzene rings is 2. The van der Waals surface area contributed by atoms with Crippen molar-refractivity contribution in [3.63, 3.8) is 0 Å². The van der Waals surface area contributed by atoms with Crippen molar-refractivity contribution in [2.45, 2.75) is 26.2 Å². The van der Waals surface area contributed by atoms with Crippen molar-refractivity contribution in [3.8, 4) is 0 Å². The lowest BCUT2D eigenvalue weighted by molar-refractivity contribution is -0.121. The molecule has 0 aliphatic carbocycles. The Labute approximate surface area is 195 Å². The first-order valence-electron chi connectivity index (χ1n) is 11.8. The topological polar surface area (TPSA) is 73.0 Å². The summed E-state index contributed by atoms with van der Waals surface area (Å²) in [7, 11) is 0. The third-order valence-corrected chi connectivity index (χ3v) is 6.40. The van der Waals surface area contributed by atoms with Gasteiger partial charge in [0.1, 0.15) is 0 Å². The van der Waals surface area contributed by atoms with E-state index < -0.39 is 0 Å². The van der Waals surface area contributed by atoms with Crippen molar-refractivity contribution in [2.75, 3.05) is 50.7 Å². The average molecular weight is 449 g/mol. The van der Waals surface area contributed by atoms with Crippen molar-refractivity contribution in [2.24, 2.45) is 0 Å². The maximum absolute atomic E-state index is 12.4. The van der Waals surface area contributed by atoms with Gasteiger partial charge in [-0.1, -0.05) is 24.3 Å². The Balaban J connectivity index is 1.08. The number of carbonyl (C=O) groups excluding carboxylic acids is 3. The molecule has 7 nitrogen and oxygen atoms in total. The Morgan fingerprint density at radius 1 is 0.879 bits per heavy atom. The second kappa shape index (κ2) is 10.6. The third kappa shape index (κ3) is 5.60. The van der Waals surface area contributed by atoms with Crippen LogP contribution in [0.2, 0.25) is 0 Å². The smallest absolute Gasteiger partial charge is 0.261 e. The van der Waals surface area contributed by atoms with E-state index in [9.17, 15) is 14.4 Å². The highest BCUT2D eigenvalue weighted by atomic mass is 16.2. The Morgan fingerprint density at radius 3 is 2.24 bits per heavy atom. The second-order valence-corrected chi connectivity index (χ2v) is 8.78. The number of fused-ring (bicyclic) bond motifs is 1. The number of unbranched alkanes of at least 4 members (excludes halogenated alkanes) is 1. The van der Waals surface area contributed by atoms with E-state index in [4.69, 9.17) is 0 Å². The minimum atomic E-state index is -0.314. The summed E-state index contributed by atoms with van der Waals surface area (Å²) >= 11 is 0. The van der Waals surface area contributed by atoms with Crippen LogP contribution in [0.25, 0.3) is 0 Å². The number of amides is 3. The molecule has 2 aliphatic rings. The van der Waals surface area contributed by atoms with Crippen LogP contribution in [-0.4, -0.2) is 73.3 Å². The van der Waals surface area contributed by atoms with Gasteiger partial charge >= 0.3 is 0 Å². The number of piperazine rings is 1. The lowest BCUT2D eigenvalue weighted by atomic mass is 10.1. The van der Waals surface area contributed by atoms with Crippen LogP contribution in [0.4, 0.5) is 5.69 Å². The van der Waals surface area contributed by atoms with Gasteiger partial charge in [-0.3, -0.25) is 24.2 Å². The third-order valence-electron chi connectivity index (χ3n) is 6.40. The highest BCUT2D eigenvalue weighted by Crippen LogP contribution is 2.22. The van der Waals surface area contributed by atoms with Crippen LogP contribution >= 0.6 is 0 Å². The predicted molar refractivity (Wildman–Crippen MR) is 129 cm³/mol. The molecule has 0 unspecified atom stereocenters. The molecule has 1 N–H and O–H groups in total. The molecule has 2 aliphatic heterocycles. The van der Waals surface area contributed by atoms with Crippen LogP contribution in [-0.2, 0) is 4.79 Å². The van der Waals surface area contributed by atoms with E-state index in [0.29, 0.717) is 17.7 Å². The van der Waals surface area contributed by atoms with Gasteiger partial charge in [0.25, 0.3) is 11.8 Å². The lowest BCUT2D eigenvalue weighted by Gasteiger charge is -2.36. The normalized spacial score (nSPS) is 16.3. The van der Waals surface area contributed by atoms with E-state index in [1.807, 2.05) is 0 Å². The molecular weight excluding hydrogens is 416 g/mol. The standard InChI is InChI=1S/C26H32N4O3/c1-20-7-6-8-21(19-20)29-17-15-28(16-18-29)13-5-4-12-27-24(31)11-14-30-25(32)22-9-2-3-10-23(22)26(30)33/h2-3,6-10,19H,4-5,11-18H2,1H3,(H,27,31). The molecule has 4 rings (SSSR count). The van der Waals surface area contributed by atoms with E-state index >= 15 is 0 Å². The van der Waals surface area contributed by atoms with Gasteiger partial charge in [-0.15, -0.1) is 0 Å². The number of aryl methyl sites for hydroxylation is 1. The molecule has 3 amide bonds. The number of nitrogens with zero attached hydrogens (tertiary/aromatic N) is 3. The number of carbonyl (C=O) groups is 3. The number of nitrogens with one attached hydrogen (secondary N) is 1. The fourth-order valence-electron chi connectivity index (χ4n) is 4.49. The van der Waals surface area contributed by atoms with E-state index in [0.717, 1.165) is 45.6 Å². The van der Waals surface area contributed by atoms with Crippen LogP contribution in [0.5, 0.6) is 0 Å². The van der Waals surface area contributed by atoms with Gasteiger partial charge in [-0.2, -0.15) is 0 Å². The average Bonchev–Trinajstić information content (AvgIpc) is 3.07. The molecule has 33 heavy (non-hydrogen) atoms. The molecule has 0 bridgehead atoms. The molecule has 1 fully saturated rings. The summed E-state index contributed by atoms with van der Waals surface area (Å²) in [5.74, 6) is -0.755. The molecule has 0 spiro atoms. The highest BCUT2D eigenvalue weighted by Gasteiger charge is 2.34. The Morgan fingerprint density at radius 2 is 1.58 bits per heavy atom. The quantitative estimate of drug-likeness (QED) is 0.472. The minimum Gasteiger partial charge on any atom is -0.369 e. The van der Waals surface area contributed by atoms with Gasteiger partial charge in [-0.05, 0) is 56.1 Å². The summed E-state index contributed by atoms with van der Waals surface area (Å²) in [6.07, 6.45) is 2.08. The van der Waals surface area contributed by atoms with Gasteiger partial charge in [0, 0.05) is 51.4 Å². The van der Waals surface area contributed by atoms with Crippen LogP contribution in [0, 0.1) is 6.92 Å². The second-order valence-electron chi connectivity index (χ2n) is 8.78. The van der Waals surface area contributed by atoms with Crippen LogP contribution in [0.3, 0.4) is 0 Å².